The molecule has 0 aliphatic carbocycles. The van der Waals surface area contributed by atoms with Crippen LogP contribution in [0.2, 0.25) is 0 Å². The topological polar surface area (TPSA) is 59.2 Å². The zero-order valence-electron chi connectivity index (χ0n) is 11.7. The summed E-state index contributed by atoms with van der Waals surface area (Å²) in [4.78, 5) is 18.0. The molecule has 0 radical (unpaired) electrons. The van der Waals surface area contributed by atoms with Crippen LogP contribution >= 0.6 is 0 Å². The maximum absolute atomic E-state index is 12.1. The molecule has 0 aromatic carbocycles. The van der Waals surface area contributed by atoms with Crippen LogP contribution in [-0.4, -0.2) is 35.4 Å². The first-order chi connectivity index (χ1) is 8.32. The van der Waals surface area contributed by atoms with Crippen LogP contribution in [0.1, 0.15) is 26.5 Å². The van der Waals surface area contributed by atoms with Gasteiger partial charge in [-0.15, -0.1) is 0 Å². The van der Waals surface area contributed by atoms with Crippen LogP contribution < -0.4 is 5.73 Å². The Kier molecular flexibility index (Phi) is 4.84. The molecule has 1 atom stereocenters. The summed E-state index contributed by atoms with van der Waals surface area (Å²) in [5.41, 5.74) is 6.73. The van der Waals surface area contributed by atoms with Crippen molar-refractivity contribution in [2.24, 2.45) is 11.1 Å². The highest BCUT2D eigenvalue weighted by molar-refractivity contribution is 5.82. The number of likely N-dealkylation sites (N-methyl/N-ethyl adjacent to an activating group) is 1. The summed E-state index contributed by atoms with van der Waals surface area (Å²) < 4.78 is 0. The number of aromatic nitrogens is 1. The fourth-order valence-corrected chi connectivity index (χ4v) is 1.55. The first-order valence-electron chi connectivity index (χ1n) is 6.23. The van der Waals surface area contributed by atoms with Gasteiger partial charge in [0.15, 0.2) is 0 Å². The number of hydrogen-bond donors (Lipinski definition) is 1. The smallest absolute Gasteiger partial charge is 0.239 e. The quantitative estimate of drug-likeness (QED) is 0.878. The summed E-state index contributed by atoms with van der Waals surface area (Å²) in [6.45, 7) is 6.56. The van der Waals surface area contributed by atoms with Crippen LogP contribution in [-0.2, 0) is 11.2 Å². The molecule has 0 spiro atoms. The Morgan fingerprint density at radius 2 is 2.11 bits per heavy atom. The highest BCUT2D eigenvalue weighted by atomic mass is 16.2. The molecule has 0 aliphatic rings. The second kappa shape index (κ2) is 5.96. The summed E-state index contributed by atoms with van der Waals surface area (Å²) in [5, 5.41) is 0. The van der Waals surface area contributed by atoms with E-state index in [4.69, 9.17) is 5.73 Å². The van der Waals surface area contributed by atoms with Crippen molar-refractivity contribution in [2.45, 2.75) is 33.2 Å². The summed E-state index contributed by atoms with van der Waals surface area (Å²) in [6.07, 6.45) is 2.51. The van der Waals surface area contributed by atoms with E-state index in [-0.39, 0.29) is 11.3 Å². The zero-order chi connectivity index (χ0) is 13.8. The third-order valence-electron chi connectivity index (χ3n) is 3.00. The Hall–Kier alpha value is -1.42. The average Bonchev–Trinajstić information content (AvgIpc) is 2.34. The second-order valence-electron chi connectivity index (χ2n) is 5.67. The lowest BCUT2D eigenvalue weighted by Gasteiger charge is -2.29. The minimum atomic E-state index is -0.466. The second-order valence-corrected chi connectivity index (χ2v) is 5.67. The fourth-order valence-electron chi connectivity index (χ4n) is 1.55. The molecule has 4 nitrogen and oxygen atoms in total. The van der Waals surface area contributed by atoms with E-state index >= 15 is 0 Å². The summed E-state index contributed by atoms with van der Waals surface area (Å²) >= 11 is 0. The third-order valence-corrected chi connectivity index (χ3v) is 3.00. The van der Waals surface area contributed by atoms with Crippen LogP contribution in [0.3, 0.4) is 0 Å². The van der Waals surface area contributed by atoms with Gasteiger partial charge in [0.05, 0.1) is 6.04 Å². The van der Waals surface area contributed by atoms with Gasteiger partial charge in [-0.3, -0.25) is 9.78 Å². The minimum Gasteiger partial charge on any atom is -0.344 e. The van der Waals surface area contributed by atoms with E-state index in [0.29, 0.717) is 6.54 Å². The van der Waals surface area contributed by atoms with E-state index in [0.717, 1.165) is 12.1 Å². The van der Waals surface area contributed by atoms with Gasteiger partial charge in [0, 0.05) is 31.9 Å². The van der Waals surface area contributed by atoms with Crippen LogP contribution in [0.4, 0.5) is 0 Å². The standard InChI is InChI=1S/C14H23N3O/c1-14(2,3)12(15)13(18)17(4)10-8-11-7-5-6-9-16-11/h5-7,9,12H,8,10,15H2,1-4H3. The molecule has 1 aromatic heterocycles. The van der Waals surface area contributed by atoms with Gasteiger partial charge in [0.2, 0.25) is 5.91 Å². The predicted molar refractivity (Wildman–Crippen MR) is 73.0 cm³/mol. The summed E-state index contributed by atoms with van der Waals surface area (Å²) in [7, 11) is 1.79. The zero-order valence-corrected chi connectivity index (χ0v) is 11.7. The first-order valence-corrected chi connectivity index (χ1v) is 6.23. The highest BCUT2D eigenvalue weighted by Crippen LogP contribution is 2.18. The number of pyridine rings is 1. The van der Waals surface area contributed by atoms with Gasteiger partial charge in [0.25, 0.3) is 0 Å². The Morgan fingerprint density at radius 3 is 2.61 bits per heavy atom. The number of nitrogens with zero attached hydrogens (tertiary/aromatic N) is 2. The first kappa shape index (κ1) is 14.6. The molecule has 1 aromatic rings. The molecule has 4 heteroatoms. The van der Waals surface area contributed by atoms with Gasteiger partial charge in [-0.25, -0.2) is 0 Å². The van der Waals surface area contributed by atoms with Gasteiger partial charge in [-0.2, -0.15) is 0 Å². The van der Waals surface area contributed by atoms with Gasteiger partial charge in [-0.05, 0) is 17.5 Å². The van der Waals surface area contributed by atoms with E-state index in [9.17, 15) is 4.79 Å². The Labute approximate surface area is 109 Å². The van der Waals surface area contributed by atoms with Crippen molar-refractivity contribution >= 4 is 5.91 Å². The van der Waals surface area contributed by atoms with Crippen LogP contribution in [0.25, 0.3) is 0 Å². The van der Waals surface area contributed by atoms with Crippen molar-refractivity contribution in [1.29, 1.82) is 0 Å². The van der Waals surface area contributed by atoms with Crippen molar-refractivity contribution in [3.05, 3.63) is 30.1 Å². The lowest BCUT2D eigenvalue weighted by atomic mass is 9.86. The molecule has 100 valence electrons. The molecule has 18 heavy (non-hydrogen) atoms. The maximum Gasteiger partial charge on any atom is 0.239 e. The molecular weight excluding hydrogens is 226 g/mol. The molecular formula is C14H23N3O. The van der Waals surface area contributed by atoms with Crippen molar-refractivity contribution in [2.75, 3.05) is 13.6 Å². The molecule has 0 aliphatic heterocycles. The number of hydrogen-bond acceptors (Lipinski definition) is 3. The number of amides is 1. The monoisotopic (exact) mass is 249 g/mol. The highest BCUT2D eigenvalue weighted by Gasteiger charge is 2.29. The molecule has 1 heterocycles. The molecule has 1 rings (SSSR count). The van der Waals surface area contributed by atoms with Crippen molar-refractivity contribution < 1.29 is 4.79 Å². The van der Waals surface area contributed by atoms with Crippen molar-refractivity contribution in [1.82, 2.24) is 9.88 Å². The van der Waals surface area contributed by atoms with E-state index in [1.807, 2.05) is 39.0 Å². The number of rotatable bonds is 4. The summed E-state index contributed by atoms with van der Waals surface area (Å²) in [5.74, 6) is -0.0153. The average molecular weight is 249 g/mol. The lowest BCUT2D eigenvalue weighted by Crippen LogP contribution is -2.49. The van der Waals surface area contributed by atoms with Gasteiger partial charge < -0.3 is 10.6 Å². The molecule has 2 N–H and O–H groups in total. The van der Waals surface area contributed by atoms with E-state index in [1.54, 1.807) is 18.1 Å². The molecule has 0 fully saturated rings. The maximum atomic E-state index is 12.1. The van der Waals surface area contributed by atoms with Crippen LogP contribution in [0.15, 0.2) is 24.4 Å². The Bertz CT molecular complexity index is 384. The fraction of sp³-hybridized carbons (Fsp3) is 0.571. The van der Waals surface area contributed by atoms with Crippen molar-refractivity contribution in [3.8, 4) is 0 Å². The van der Waals surface area contributed by atoms with E-state index in [1.165, 1.54) is 0 Å². The van der Waals surface area contributed by atoms with Gasteiger partial charge >= 0.3 is 0 Å². The minimum absolute atomic E-state index is 0.0153. The number of nitrogens with two attached hydrogens (primary N) is 1. The largest absolute Gasteiger partial charge is 0.344 e. The molecule has 1 unspecified atom stereocenters. The van der Waals surface area contributed by atoms with Crippen molar-refractivity contribution in [3.63, 3.8) is 0 Å². The van der Waals surface area contributed by atoms with Crippen LogP contribution in [0.5, 0.6) is 0 Å². The van der Waals surface area contributed by atoms with Gasteiger partial charge in [-0.1, -0.05) is 26.8 Å². The SMILES string of the molecule is CN(CCc1ccccn1)C(=O)C(N)C(C)(C)C. The molecule has 0 bridgehead atoms. The lowest BCUT2D eigenvalue weighted by molar-refractivity contribution is -0.133. The Balaban J connectivity index is 2.51. The predicted octanol–water partition coefficient (Wildman–Crippen LogP) is 1.46. The van der Waals surface area contributed by atoms with E-state index in [2.05, 4.69) is 4.98 Å². The summed E-state index contributed by atoms with van der Waals surface area (Å²) in [6, 6.07) is 5.33. The number of carbonyl (C=O) groups excluding carboxylic acids is 1. The molecule has 1 amide bonds. The van der Waals surface area contributed by atoms with Gasteiger partial charge in [0.1, 0.15) is 0 Å². The van der Waals surface area contributed by atoms with Crippen LogP contribution in [0, 0.1) is 5.41 Å². The third kappa shape index (κ3) is 4.11. The Morgan fingerprint density at radius 1 is 1.44 bits per heavy atom. The van der Waals surface area contributed by atoms with E-state index < -0.39 is 6.04 Å². The number of carbonyl (C=O) groups is 1. The normalized spacial score (nSPS) is 13.2. The molecule has 0 saturated heterocycles. The molecule has 0 saturated carbocycles.